The summed E-state index contributed by atoms with van der Waals surface area (Å²) in [5.41, 5.74) is 4.09. The number of nitrogens with one attached hydrogen (secondary N) is 1. The van der Waals surface area contributed by atoms with Gasteiger partial charge in [-0.25, -0.2) is 0 Å². The van der Waals surface area contributed by atoms with E-state index < -0.39 is 5.97 Å². The minimum Gasteiger partial charge on any atom is -0.481 e. The largest absolute Gasteiger partial charge is 0.481 e. The van der Waals surface area contributed by atoms with Crippen LogP contribution in [-0.2, 0) is 16.0 Å². The van der Waals surface area contributed by atoms with E-state index in [9.17, 15) is 14.7 Å². The first-order valence-electron chi connectivity index (χ1n) is 8.00. The molecule has 0 unspecified atom stereocenters. The minimum absolute atomic E-state index is 0.0794. The van der Waals surface area contributed by atoms with Crippen molar-refractivity contribution in [3.63, 3.8) is 0 Å². The van der Waals surface area contributed by atoms with Gasteiger partial charge in [-0.15, -0.1) is 0 Å². The molecule has 0 aliphatic carbocycles. The molecule has 5 nitrogen and oxygen atoms in total. The first-order valence-corrected chi connectivity index (χ1v) is 8.80. The Balaban J connectivity index is 2.07. The average molecular weight is 413 g/mol. The van der Waals surface area contributed by atoms with E-state index in [1.165, 1.54) is 6.92 Å². The topological polar surface area (TPSA) is 71.3 Å². The molecule has 3 rings (SSSR count). The van der Waals surface area contributed by atoms with Gasteiger partial charge in [0, 0.05) is 28.5 Å². The maximum atomic E-state index is 11.3. The molecule has 132 valence electrons. The SMILES string of the molecule is CC(=O)Nc1ccc(-n2c(CC(=O)O)ccc2-c2ccc(Br)cc2)cc1. The van der Waals surface area contributed by atoms with Crippen molar-refractivity contribution in [3.8, 4) is 16.9 Å². The van der Waals surface area contributed by atoms with Gasteiger partial charge in [-0.1, -0.05) is 28.1 Å². The summed E-state index contributed by atoms with van der Waals surface area (Å²) in [4.78, 5) is 22.4. The maximum Gasteiger partial charge on any atom is 0.309 e. The number of aromatic nitrogens is 1. The molecule has 1 amide bonds. The monoisotopic (exact) mass is 412 g/mol. The molecule has 0 aliphatic rings. The van der Waals surface area contributed by atoms with Gasteiger partial charge >= 0.3 is 5.97 Å². The van der Waals surface area contributed by atoms with Gasteiger partial charge in [-0.05, 0) is 54.1 Å². The van der Waals surface area contributed by atoms with Crippen LogP contribution >= 0.6 is 15.9 Å². The predicted molar refractivity (Wildman–Crippen MR) is 105 cm³/mol. The van der Waals surface area contributed by atoms with E-state index in [2.05, 4.69) is 21.2 Å². The number of carbonyl (C=O) groups excluding carboxylic acids is 1. The lowest BCUT2D eigenvalue weighted by Crippen LogP contribution is -2.09. The Labute approximate surface area is 159 Å². The second-order valence-electron chi connectivity index (χ2n) is 5.85. The summed E-state index contributed by atoms with van der Waals surface area (Å²) in [5, 5.41) is 12.0. The highest BCUT2D eigenvalue weighted by Gasteiger charge is 2.14. The number of carboxylic acid groups (broad SMARTS) is 1. The van der Waals surface area contributed by atoms with Crippen LogP contribution in [0.2, 0.25) is 0 Å². The number of halogens is 1. The van der Waals surface area contributed by atoms with Crippen LogP contribution in [0.4, 0.5) is 5.69 Å². The van der Waals surface area contributed by atoms with Crippen LogP contribution < -0.4 is 5.32 Å². The normalized spacial score (nSPS) is 10.5. The summed E-state index contributed by atoms with van der Waals surface area (Å²) < 4.78 is 2.90. The van der Waals surface area contributed by atoms with Crippen LogP contribution in [0, 0.1) is 0 Å². The zero-order chi connectivity index (χ0) is 18.7. The Hall–Kier alpha value is -2.86. The first kappa shape index (κ1) is 17.9. The molecule has 2 N–H and O–H groups in total. The van der Waals surface area contributed by atoms with Gasteiger partial charge in [-0.3, -0.25) is 9.59 Å². The third-order valence-corrected chi connectivity index (χ3v) is 4.41. The van der Waals surface area contributed by atoms with Gasteiger partial charge in [0.25, 0.3) is 0 Å². The Kier molecular flexibility index (Phi) is 5.23. The van der Waals surface area contributed by atoms with Crippen LogP contribution in [0.3, 0.4) is 0 Å². The number of benzene rings is 2. The third kappa shape index (κ3) is 4.03. The third-order valence-electron chi connectivity index (χ3n) is 3.88. The molecule has 0 fully saturated rings. The molecule has 0 aliphatic heterocycles. The lowest BCUT2D eigenvalue weighted by Gasteiger charge is -2.14. The zero-order valence-corrected chi connectivity index (χ0v) is 15.7. The molecule has 0 saturated heterocycles. The molecule has 0 radical (unpaired) electrons. The fraction of sp³-hybridized carbons (Fsp3) is 0.100. The van der Waals surface area contributed by atoms with Crippen molar-refractivity contribution < 1.29 is 14.7 Å². The number of carbonyl (C=O) groups is 2. The molecule has 0 saturated carbocycles. The molecule has 1 aromatic heterocycles. The second kappa shape index (κ2) is 7.58. The quantitative estimate of drug-likeness (QED) is 0.648. The molecule has 0 spiro atoms. The number of hydrogen-bond donors (Lipinski definition) is 2. The van der Waals surface area contributed by atoms with Crippen molar-refractivity contribution in [1.82, 2.24) is 4.57 Å². The van der Waals surface area contributed by atoms with E-state index >= 15 is 0 Å². The highest BCUT2D eigenvalue weighted by molar-refractivity contribution is 9.10. The highest BCUT2D eigenvalue weighted by atomic mass is 79.9. The van der Waals surface area contributed by atoms with Crippen LogP contribution in [0.25, 0.3) is 16.9 Å². The van der Waals surface area contributed by atoms with Gasteiger partial charge in [-0.2, -0.15) is 0 Å². The summed E-state index contributed by atoms with van der Waals surface area (Å²) in [6.45, 7) is 1.45. The fourth-order valence-corrected chi connectivity index (χ4v) is 3.08. The Bertz CT molecular complexity index is 944. The fourth-order valence-electron chi connectivity index (χ4n) is 2.82. The van der Waals surface area contributed by atoms with E-state index in [0.717, 1.165) is 21.4 Å². The zero-order valence-electron chi connectivity index (χ0n) is 14.1. The lowest BCUT2D eigenvalue weighted by atomic mass is 10.1. The van der Waals surface area contributed by atoms with E-state index in [1.807, 2.05) is 53.1 Å². The van der Waals surface area contributed by atoms with Gasteiger partial charge in [0.05, 0.1) is 12.1 Å². The molecule has 2 aromatic carbocycles. The number of hydrogen-bond acceptors (Lipinski definition) is 2. The first-order chi connectivity index (χ1) is 12.4. The Morgan fingerprint density at radius 3 is 2.23 bits per heavy atom. The number of aliphatic carboxylic acids is 1. The van der Waals surface area contributed by atoms with Gasteiger partial charge in [0.15, 0.2) is 0 Å². The van der Waals surface area contributed by atoms with Gasteiger partial charge in [0.2, 0.25) is 5.91 Å². The number of rotatable bonds is 5. The maximum absolute atomic E-state index is 11.3. The smallest absolute Gasteiger partial charge is 0.309 e. The van der Waals surface area contributed by atoms with Crippen molar-refractivity contribution in [2.24, 2.45) is 0 Å². The summed E-state index contributed by atoms with van der Waals surface area (Å²) in [5.74, 6) is -1.03. The van der Waals surface area contributed by atoms with Crippen molar-refractivity contribution in [2.75, 3.05) is 5.32 Å². The van der Waals surface area contributed by atoms with Crippen LogP contribution in [0.15, 0.2) is 65.1 Å². The van der Waals surface area contributed by atoms with Crippen molar-refractivity contribution in [2.45, 2.75) is 13.3 Å². The van der Waals surface area contributed by atoms with Crippen molar-refractivity contribution in [1.29, 1.82) is 0 Å². The highest BCUT2D eigenvalue weighted by Crippen LogP contribution is 2.28. The van der Waals surface area contributed by atoms with Crippen molar-refractivity contribution in [3.05, 3.63) is 70.8 Å². The Morgan fingerprint density at radius 1 is 1.00 bits per heavy atom. The molecule has 26 heavy (non-hydrogen) atoms. The summed E-state index contributed by atoms with van der Waals surface area (Å²) in [6, 6.07) is 18.9. The van der Waals surface area contributed by atoms with Crippen LogP contribution in [-0.4, -0.2) is 21.6 Å². The minimum atomic E-state index is -0.887. The average Bonchev–Trinajstić information content (AvgIpc) is 2.98. The molecular formula is C20H17BrN2O3. The Morgan fingerprint density at radius 2 is 1.65 bits per heavy atom. The molecule has 6 heteroatoms. The van der Waals surface area contributed by atoms with E-state index in [0.29, 0.717) is 11.4 Å². The number of nitrogens with zero attached hydrogens (tertiary/aromatic N) is 1. The predicted octanol–water partition coefficient (Wildman–Crippen LogP) is 4.49. The van der Waals surface area contributed by atoms with Gasteiger partial charge in [0.1, 0.15) is 0 Å². The second-order valence-corrected chi connectivity index (χ2v) is 6.77. The number of carboxylic acids is 1. The molecule has 0 bridgehead atoms. The summed E-state index contributed by atoms with van der Waals surface area (Å²) >= 11 is 3.43. The van der Waals surface area contributed by atoms with E-state index in [1.54, 1.807) is 12.1 Å². The van der Waals surface area contributed by atoms with E-state index in [-0.39, 0.29) is 12.3 Å². The molecule has 3 aromatic rings. The summed E-state index contributed by atoms with van der Waals surface area (Å²) in [7, 11) is 0. The molecular weight excluding hydrogens is 396 g/mol. The lowest BCUT2D eigenvalue weighted by molar-refractivity contribution is -0.136. The number of amides is 1. The van der Waals surface area contributed by atoms with Gasteiger partial charge < -0.3 is 15.0 Å². The molecule has 0 atom stereocenters. The summed E-state index contributed by atoms with van der Waals surface area (Å²) in [6.07, 6.45) is -0.0794. The van der Waals surface area contributed by atoms with Crippen molar-refractivity contribution >= 4 is 33.5 Å². The van der Waals surface area contributed by atoms with Crippen LogP contribution in [0.5, 0.6) is 0 Å². The molecule has 1 heterocycles. The standard InChI is InChI=1S/C20H17BrN2O3/c1-13(24)22-16-6-8-17(9-7-16)23-18(12-20(25)26)10-11-19(23)14-2-4-15(21)5-3-14/h2-11H,12H2,1H3,(H,22,24)(H,25,26). The van der Waals surface area contributed by atoms with E-state index in [4.69, 9.17) is 0 Å². The number of anilines is 1. The van der Waals surface area contributed by atoms with Crippen LogP contribution in [0.1, 0.15) is 12.6 Å².